The first kappa shape index (κ1) is 40.1. The summed E-state index contributed by atoms with van der Waals surface area (Å²) < 4.78 is 18.7. The van der Waals surface area contributed by atoms with Crippen LogP contribution in [-0.4, -0.2) is 107 Å². The number of nitrogens with zero attached hydrogens (tertiary/aromatic N) is 2. The Balaban J connectivity index is 1.48. The van der Waals surface area contributed by atoms with E-state index in [4.69, 9.17) is 14.2 Å². The molecule has 12 heteroatoms. The molecule has 1 aliphatic carbocycles. The number of hydrogen-bond acceptors (Lipinski definition) is 8. The molecule has 4 fully saturated rings. The maximum atomic E-state index is 14.9. The number of ether oxygens (including phenoxy) is 3. The first-order valence-electron chi connectivity index (χ1n) is 19.0. The normalized spacial score (nSPS) is 27.9. The molecule has 2 bridgehead atoms. The van der Waals surface area contributed by atoms with Crippen molar-refractivity contribution in [1.29, 1.82) is 0 Å². The Labute approximate surface area is 316 Å². The van der Waals surface area contributed by atoms with Crippen molar-refractivity contribution >= 4 is 39.6 Å². The third-order valence-electron chi connectivity index (χ3n) is 11.2. The van der Waals surface area contributed by atoms with Crippen molar-refractivity contribution in [2.75, 3.05) is 33.4 Å². The zero-order valence-corrected chi connectivity index (χ0v) is 32.1. The van der Waals surface area contributed by atoms with Gasteiger partial charge in [0.1, 0.15) is 17.7 Å². The van der Waals surface area contributed by atoms with Gasteiger partial charge in [-0.25, -0.2) is 0 Å². The van der Waals surface area contributed by atoms with Crippen molar-refractivity contribution in [2.45, 2.75) is 118 Å². The van der Waals surface area contributed by atoms with Crippen LogP contribution in [0.3, 0.4) is 0 Å². The van der Waals surface area contributed by atoms with Gasteiger partial charge < -0.3 is 34.4 Å². The number of halogens is 1. The Bertz CT molecular complexity index is 1410. The maximum Gasteiger partial charge on any atom is 0.313 e. The Hall–Kier alpha value is -3.06. The molecule has 4 aliphatic rings. The zero-order chi connectivity index (χ0) is 37.3. The number of fused-ring (bicyclic) bond motifs is 1. The lowest BCUT2D eigenvalue weighted by molar-refractivity contribution is -0.163. The number of carbonyl (C=O) groups is 4. The molecule has 8 atom stereocenters. The number of benzene rings is 1. The fourth-order valence-corrected chi connectivity index (χ4v) is 9.84. The van der Waals surface area contributed by atoms with Crippen LogP contribution in [0.5, 0.6) is 0 Å². The molecule has 3 saturated heterocycles. The van der Waals surface area contributed by atoms with Crippen molar-refractivity contribution in [1.82, 2.24) is 15.1 Å². The molecule has 1 aromatic carbocycles. The van der Waals surface area contributed by atoms with Crippen LogP contribution >= 0.6 is 15.9 Å². The molecule has 2 N–H and O–H groups in total. The summed E-state index contributed by atoms with van der Waals surface area (Å²) in [6, 6.07) is 7.61. The maximum absolute atomic E-state index is 14.9. The van der Waals surface area contributed by atoms with E-state index in [9.17, 15) is 24.3 Å². The Morgan fingerprint density at radius 3 is 2.52 bits per heavy atom. The van der Waals surface area contributed by atoms with E-state index in [-0.39, 0.29) is 48.2 Å². The lowest BCUT2D eigenvalue weighted by atomic mass is 9.70. The molecule has 3 heterocycles. The third kappa shape index (κ3) is 8.50. The minimum atomic E-state index is -1.22. The lowest BCUT2D eigenvalue weighted by Crippen LogP contribution is -2.58. The first-order chi connectivity index (χ1) is 25.2. The van der Waals surface area contributed by atoms with Crippen LogP contribution in [0.1, 0.15) is 88.7 Å². The first-order valence-corrected chi connectivity index (χ1v) is 19.9. The number of carbonyl (C=O) groups excluding carboxylic acids is 4. The number of rotatable bonds is 20. The smallest absolute Gasteiger partial charge is 0.313 e. The van der Waals surface area contributed by atoms with Crippen LogP contribution in [0, 0.1) is 11.8 Å². The summed E-state index contributed by atoms with van der Waals surface area (Å²) in [6.07, 6.45) is 10.8. The SMILES string of the molecule is C=CCCC(=O)N[C@@H](COC)[C@@H](OC(=O)[C@H]1[C@@H]2O[C@@]3(CC2Br)[C@@H]1C(=O)N(CCCCCCO)[C@@H]3C(=O)N(CC=C)C1CCCCC1)c1ccccc1. The van der Waals surface area contributed by atoms with Crippen molar-refractivity contribution in [3.8, 4) is 0 Å². The predicted molar refractivity (Wildman–Crippen MR) is 200 cm³/mol. The third-order valence-corrected chi connectivity index (χ3v) is 12.1. The van der Waals surface area contributed by atoms with Gasteiger partial charge in [-0.15, -0.1) is 13.2 Å². The standard InChI is InChI=1S/C40H56BrN3O8/c1-4-6-21-31(46)42-30(26-50-3)34(27-17-11-9-12-18-27)51-39(49)32-33-37(47)44(23-15-7-8-16-24-45)36(40(33)25-29(41)35(32)52-40)38(48)43(22-5-2)28-19-13-10-14-20-28/h4-5,9,11-12,17-18,28-30,32-36,45H,1-2,6-8,10,13-16,19-26H2,3H3,(H,42,46)/t29?,30-,32+,33-,34-,35+,36+,40-/m0/s1. The number of likely N-dealkylation sites (tertiary alicyclic amines) is 1. The summed E-state index contributed by atoms with van der Waals surface area (Å²) in [5, 5.41) is 12.3. The Kier molecular flexibility index (Phi) is 14.5. The fraction of sp³-hybridized carbons (Fsp3) is 0.650. The Morgan fingerprint density at radius 2 is 1.85 bits per heavy atom. The van der Waals surface area contributed by atoms with E-state index >= 15 is 0 Å². The average Bonchev–Trinajstić information content (AvgIpc) is 3.75. The van der Waals surface area contributed by atoms with E-state index in [1.54, 1.807) is 17.1 Å². The van der Waals surface area contributed by atoms with E-state index in [1.807, 2.05) is 35.2 Å². The molecule has 5 rings (SSSR count). The van der Waals surface area contributed by atoms with Gasteiger partial charge in [-0.2, -0.15) is 0 Å². The highest BCUT2D eigenvalue weighted by Crippen LogP contribution is 2.60. The summed E-state index contributed by atoms with van der Waals surface area (Å²) >= 11 is 3.79. The van der Waals surface area contributed by atoms with E-state index in [1.165, 1.54) is 7.11 Å². The molecule has 0 aromatic heterocycles. The summed E-state index contributed by atoms with van der Waals surface area (Å²) in [5.74, 6) is -3.16. The second-order valence-electron chi connectivity index (χ2n) is 14.6. The van der Waals surface area contributed by atoms with Gasteiger partial charge in [0.05, 0.1) is 30.6 Å². The lowest BCUT2D eigenvalue weighted by Gasteiger charge is -2.41. The van der Waals surface area contributed by atoms with Crippen LogP contribution in [-0.2, 0) is 33.4 Å². The number of allylic oxidation sites excluding steroid dienone is 1. The number of alkyl halides is 1. The van der Waals surface area contributed by atoms with Gasteiger partial charge in [-0.05, 0) is 44.1 Å². The van der Waals surface area contributed by atoms with Gasteiger partial charge in [0.2, 0.25) is 17.7 Å². The molecular weight excluding hydrogens is 730 g/mol. The molecule has 1 unspecified atom stereocenters. The highest BCUT2D eigenvalue weighted by molar-refractivity contribution is 9.09. The van der Waals surface area contributed by atoms with Crippen molar-refractivity contribution < 1.29 is 38.5 Å². The van der Waals surface area contributed by atoms with Crippen LogP contribution in [0.4, 0.5) is 0 Å². The minimum Gasteiger partial charge on any atom is -0.455 e. The largest absolute Gasteiger partial charge is 0.455 e. The van der Waals surface area contributed by atoms with Crippen molar-refractivity contribution in [2.24, 2.45) is 11.8 Å². The number of nitrogens with one attached hydrogen (secondary N) is 1. The van der Waals surface area contributed by atoms with Crippen molar-refractivity contribution in [3.05, 3.63) is 61.2 Å². The number of amides is 3. The van der Waals surface area contributed by atoms with E-state index < -0.39 is 47.7 Å². The fourth-order valence-electron chi connectivity index (χ4n) is 8.90. The molecule has 52 heavy (non-hydrogen) atoms. The number of methoxy groups -OCH3 is 1. The van der Waals surface area contributed by atoms with Gasteiger partial charge in [-0.3, -0.25) is 19.2 Å². The highest BCUT2D eigenvalue weighted by Gasteiger charge is 2.77. The van der Waals surface area contributed by atoms with Crippen LogP contribution in [0.2, 0.25) is 0 Å². The number of esters is 1. The molecule has 3 amide bonds. The molecule has 11 nitrogen and oxygen atoms in total. The molecule has 1 aromatic rings. The second-order valence-corrected chi connectivity index (χ2v) is 15.8. The van der Waals surface area contributed by atoms with Crippen LogP contribution < -0.4 is 5.32 Å². The number of hydrogen-bond donors (Lipinski definition) is 2. The Morgan fingerprint density at radius 1 is 1.12 bits per heavy atom. The van der Waals surface area contributed by atoms with E-state index in [0.717, 1.165) is 44.9 Å². The molecule has 1 saturated carbocycles. The number of unbranched alkanes of at least 4 members (excludes halogenated alkanes) is 3. The molecule has 0 radical (unpaired) electrons. The predicted octanol–water partition coefficient (Wildman–Crippen LogP) is 5.02. The van der Waals surface area contributed by atoms with Crippen LogP contribution in [0.15, 0.2) is 55.6 Å². The highest BCUT2D eigenvalue weighted by atomic mass is 79.9. The summed E-state index contributed by atoms with van der Waals surface area (Å²) in [6.45, 7) is 8.54. The number of aliphatic hydroxyl groups is 1. The van der Waals surface area contributed by atoms with Gasteiger partial charge >= 0.3 is 5.97 Å². The van der Waals surface area contributed by atoms with E-state index in [0.29, 0.717) is 44.3 Å². The van der Waals surface area contributed by atoms with E-state index in [2.05, 4.69) is 34.4 Å². The molecule has 286 valence electrons. The summed E-state index contributed by atoms with van der Waals surface area (Å²) in [5.41, 5.74) is -0.554. The van der Waals surface area contributed by atoms with Crippen LogP contribution in [0.25, 0.3) is 0 Å². The monoisotopic (exact) mass is 785 g/mol. The average molecular weight is 787 g/mol. The van der Waals surface area contributed by atoms with Gasteiger partial charge in [0, 0.05) is 44.1 Å². The summed E-state index contributed by atoms with van der Waals surface area (Å²) in [4.78, 5) is 60.5. The quantitative estimate of drug-likeness (QED) is 0.0816. The molecular formula is C40H56BrN3O8. The second kappa shape index (κ2) is 18.8. The van der Waals surface area contributed by atoms with Gasteiger partial charge in [0.25, 0.3) is 0 Å². The number of aliphatic hydroxyl groups excluding tert-OH is 1. The zero-order valence-electron chi connectivity index (χ0n) is 30.5. The molecule has 1 spiro atoms. The van der Waals surface area contributed by atoms with Gasteiger partial charge in [-0.1, -0.05) is 90.5 Å². The van der Waals surface area contributed by atoms with Gasteiger partial charge in [0.15, 0.2) is 0 Å². The molecule has 3 aliphatic heterocycles. The van der Waals surface area contributed by atoms with Crippen molar-refractivity contribution in [3.63, 3.8) is 0 Å². The topological polar surface area (TPSA) is 135 Å². The summed E-state index contributed by atoms with van der Waals surface area (Å²) in [7, 11) is 1.52. The minimum absolute atomic E-state index is 0.0429.